The van der Waals surface area contributed by atoms with Crippen molar-refractivity contribution in [3.63, 3.8) is 0 Å². The number of carbonyl (C=O) groups is 2. The summed E-state index contributed by atoms with van der Waals surface area (Å²) in [5.41, 5.74) is 0.246. The molecule has 0 aromatic heterocycles. The fraction of sp³-hybridized carbons (Fsp3) is 0.231. The van der Waals surface area contributed by atoms with E-state index in [1.807, 2.05) is 24.3 Å². The molecule has 1 N–H and O–H groups in total. The molecule has 0 fully saturated rings. The summed E-state index contributed by atoms with van der Waals surface area (Å²) < 4.78 is 4.97. The lowest BCUT2D eigenvalue weighted by Gasteiger charge is -2.29. The fourth-order valence-electron chi connectivity index (χ4n) is 1.94. The van der Waals surface area contributed by atoms with Gasteiger partial charge in [-0.15, -0.1) is 0 Å². The molecule has 0 saturated carbocycles. The zero-order chi connectivity index (χ0) is 12.5. The van der Waals surface area contributed by atoms with Gasteiger partial charge in [-0.2, -0.15) is 0 Å². The van der Waals surface area contributed by atoms with E-state index in [0.717, 1.165) is 11.1 Å². The minimum atomic E-state index is -1.57. The highest BCUT2D eigenvalue weighted by Crippen LogP contribution is 2.29. The van der Waals surface area contributed by atoms with Crippen LogP contribution in [0.5, 0.6) is 0 Å². The first-order chi connectivity index (χ1) is 8.03. The van der Waals surface area contributed by atoms with Gasteiger partial charge >= 0.3 is 11.9 Å². The van der Waals surface area contributed by atoms with Crippen molar-refractivity contribution >= 4 is 18.0 Å². The SMILES string of the molecule is CC(=O)OC1(C(=O)O)C=Cc2ccccc2C1. The molecule has 4 heteroatoms. The third-order valence-corrected chi connectivity index (χ3v) is 2.73. The van der Waals surface area contributed by atoms with Gasteiger partial charge in [-0.05, 0) is 17.2 Å². The maximum absolute atomic E-state index is 11.3. The third-order valence-electron chi connectivity index (χ3n) is 2.73. The predicted octanol–water partition coefficient (Wildman–Crippen LogP) is 1.64. The summed E-state index contributed by atoms with van der Waals surface area (Å²) >= 11 is 0. The number of carboxylic acids is 1. The first kappa shape index (κ1) is 11.4. The average Bonchev–Trinajstić information content (AvgIpc) is 2.27. The van der Waals surface area contributed by atoms with Crippen molar-refractivity contribution in [1.29, 1.82) is 0 Å². The first-order valence-electron chi connectivity index (χ1n) is 5.24. The van der Waals surface area contributed by atoms with Crippen LogP contribution < -0.4 is 0 Å². The van der Waals surface area contributed by atoms with Crippen molar-refractivity contribution in [3.05, 3.63) is 41.5 Å². The number of hydrogen-bond acceptors (Lipinski definition) is 3. The van der Waals surface area contributed by atoms with Gasteiger partial charge in [0.1, 0.15) is 0 Å². The molecule has 88 valence electrons. The highest BCUT2D eigenvalue weighted by Gasteiger charge is 2.41. The standard InChI is InChI=1S/C13H12O4/c1-9(14)17-13(12(15)16)7-6-10-4-2-3-5-11(10)8-13/h2-7H,8H2,1H3,(H,15,16). The number of benzene rings is 1. The molecule has 1 atom stereocenters. The molecule has 0 saturated heterocycles. The summed E-state index contributed by atoms with van der Waals surface area (Å²) in [4.78, 5) is 22.3. The zero-order valence-corrected chi connectivity index (χ0v) is 9.34. The number of carboxylic acid groups (broad SMARTS) is 1. The molecule has 1 aliphatic carbocycles. The number of esters is 1. The zero-order valence-electron chi connectivity index (χ0n) is 9.34. The number of ether oxygens (including phenoxy) is 1. The van der Waals surface area contributed by atoms with E-state index in [1.54, 1.807) is 6.08 Å². The van der Waals surface area contributed by atoms with Crippen LogP contribution in [0.4, 0.5) is 0 Å². The summed E-state index contributed by atoms with van der Waals surface area (Å²) in [6.45, 7) is 1.21. The molecule has 0 bridgehead atoms. The Balaban J connectivity index is 2.41. The molecule has 1 aromatic rings. The summed E-state index contributed by atoms with van der Waals surface area (Å²) in [7, 11) is 0. The maximum atomic E-state index is 11.3. The van der Waals surface area contributed by atoms with E-state index in [2.05, 4.69) is 0 Å². The van der Waals surface area contributed by atoms with Gasteiger partial charge in [0.05, 0.1) is 0 Å². The van der Waals surface area contributed by atoms with Crippen LogP contribution in [-0.4, -0.2) is 22.6 Å². The van der Waals surface area contributed by atoms with Crippen molar-refractivity contribution in [2.24, 2.45) is 0 Å². The molecule has 1 aromatic carbocycles. The Morgan fingerprint density at radius 1 is 1.35 bits per heavy atom. The lowest BCUT2D eigenvalue weighted by Crippen LogP contribution is -2.44. The predicted molar refractivity (Wildman–Crippen MR) is 61.3 cm³/mol. The van der Waals surface area contributed by atoms with Crippen molar-refractivity contribution in [2.75, 3.05) is 0 Å². The molecule has 0 aliphatic heterocycles. The molecule has 1 aliphatic rings. The summed E-state index contributed by atoms with van der Waals surface area (Å²) in [6.07, 6.45) is 3.27. The van der Waals surface area contributed by atoms with E-state index in [4.69, 9.17) is 4.74 Å². The quantitative estimate of drug-likeness (QED) is 0.787. The fourth-order valence-corrected chi connectivity index (χ4v) is 1.94. The Kier molecular flexibility index (Phi) is 2.71. The summed E-state index contributed by atoms with van der Waals surface area (Å²) in [5, 5.41) is 9.23. The van der Waals surface area contributed by atoms with Gasteiger partial charge in [0.15, 0.2) is 0 Å². The van der Waals surface area contributed by atoms with Crippen LogP contribution in [0.2, 0.25) is 0 Å². The molecule has 1 unspecified atom stereocenters. The number of aliphatic carboxylic acids is 1. The van der Waals surface area contributed by atoms with Gasteiger partial charge in [0.2, 0.25) is 5.60 Å². The molecule has 4 nitrogen and oxygen atoms in total. The molecular weight excluding hydrogens is 220 g/mol. The Morgan fingerprint density at radius 2 is 2.06 bits per heavy atom. The molecule has 0 amide bonds. The summed E-state index contributed by atoms with van der Waals surface area (Å²) in [5.74, 6) is -1.75. The van der Waals surface area contributed by atoms with Crippen LogP contribution in [0.25, 0.3) is 6.08 Å². The molecule has 17 heavy (non-hydrogen) atoms. The smallest absolute Gasteiger partial charge is 0.352 e. The lowest BCUT2D eigenvalue weighted by molar-refractivity contribution is -0.171. The van der Waals surface area contributed by atoms with Gasteiger partial charge in [-0.3, -0.25) is 4.79 Å². The van der Waals surface area contributed by atoms with E-state index in [-0.39, 0.29) is 6.42 Å². The van der Waals surface area contributed by atoms with Crippen molar-refractivity contribution in [1.82, 2.24) is 0 Å². The third kappa shape index (κ3) is 2.06. The largest absolute Gasteiger partial charge is 0.478 e. The number of carbonyl (C=O) groups excluding carboxylic acids is 1. The van der Waals surface area contributed by atoms with Gasteiger partial charge in [0.25, 0.3) is 0 Å². The second-order valence-corrected chi connectivity index (χ2v) is 4.00. The second-order valence-electron chi connectivity index (χ2n) is 4.00. The molecule has 0 heterocycles. The molecule has 0 radical (unpaired) electrons. The van der Waals surface area contributed by atoms with Gasteiger partial charge in [0, 0.05) is 13.3 Å². The van der Waals surface area contributed by atoms with Gasteiger partial charge in [-0.1, -0.05) is 30.3 Å². The van der Waals surface area contributed by atoms with Crippen molar-refractivity contribution in [3.8, 4) is 0 Å². The average molecular weight is 232 g/mol. The van der Waals surface area contributed by atoms with E-state index in [0.29, 0.717) is 0 Å². The lowest BCUT2D eigenvalue weighted by atomic mass is 9.86. The molecule has 2 rings (SSSR count). The van der Waals surface area contributed by atoms with Crippen LogP contribution >= 0.6 is 0 Å². The van der Waals surface area contributed by atoms with Crippen molar-refractivity contribution < 1.29 is 19.4 Å². The van der Waals surface area contributed by atoms with Crippen LogP contribution in [0.3, 0.4) is 0 Å². The number of fused-ring (bicyclic) bond motifs is 1. The molecule has 0 spiro atoms. The van der Waals surface area contributed by atoms with Gasteiger partial charge < -0.3 is 9.84 Å². The highest BCUT2D eigenvalue weighted by molar-refractivity contribution is 5.87. The topological polar surface area (TPSA) is 63.6 Å². The van der Waals surface area contributed by atoms with Crippen LogP contribution in [0.15, 0.2) is 30.3 Å². The van der Waals surface area contributed by atoms with Crippen LogP contribution in [0, 0.1) is 0 Å². The molecular formula is C13H12O4. The maximum Gasteiger partial charge on any atom is 0.352 e. The van der Waals surface area contributed by atoms with Crippen molar-refractivity contribution in [2.45, 2.75) is 18.9 Å². The minimum Gasteiger partial charge on any atom is -0.478 e. The number of rotatable bonds is 2. The van der Waals surface area contributed by atoms with Crippen LogP contribution in [-0.2, 0) is 20.7 Å². The first-order valence-corrected chi connectivity index (χ1v) is 5.24. The monoisotopic (exact) mass is 232 g/mol. The summed E-state index contributed by atoms with van der Waals surface area (Å²) in [6, 6.07) is 7.44. The Bertz CT molecular complexity index is 504. The normalized spacial score (nSPS) is 21.7. The van der Waals surface area contributed by atoms with Gasteiger partial charge in [-0.25, -0.2) is 4.79 Å². The minimum absolute atomic E-state index is 0.161. The Labute approximate surface area is 98.5 Å². The van der Waals surface area contributed by atoms with Crippen LogP contribution in [0.1, 0.15) is 18.1 Å². The van der Waals surface area contributed by atoms with E-state index >= 15 is 0 Å². The Hall–Kier alpha value is -2.10. The van der Waals surface area contributed by atoms with E-state index in [1.165, 1.54) is 13.0 Å². The van der Waals surface area contributed by atoms with E-state index < -0.39 is 17.5 Å². The second kappa shape index (κ2) is 4.05. The number of hydrogen-bond donors (Lipinski definition) is 1. The Morgan fingerprint density at radius 3 is 2.71 bits per heavy atom. The highest BCUT2D eigenvalue weighted by atomic mass is 16.6. The van der Waals surface area contributed by atoms with E-state index in [9.17, 15) is 14.7 Å².